The Morgan fingerprint density at radius 3 is 1.45 bits per heavy atom. The summed E-state index contributed by atoms with van der Waals surface area (Å²) in [6.07, 6.45) is 5.85. The number of ether oxygens (including phenoxy) is 4. The molecule has 0 saturated carbocycles. The monoisotopic (exact) mass is 519 g/mol. The number of nitrogens with zero attached hydrogens (tertiary/aromatic N) is 1. The van der Waals surface area contributed by atoms with Crippen LogP contribution in [0.3, 0.4) is 0 Å². The summed E-state index contributed by atoms with van der Waals surface area (Å²) < 4.78 is 21.8. The molecule has 4 rings (SSSR count). The quantitative estimate of drug-likeness (QED) is 0.181. The van der Waals surface area contributed by atoms with Crippen LogP contribution in [0.4, 0.5) is 0 Å². The number of benzene rings is 2. The van der Waals surface area contributed by atoms with Crippen LogP contribution in [0, 0.1) is 11.3 Å². The fourth-order valence-corrected chi connectivity index (χ4v) is 2.81. The van der Waals surface area contributed by atoms with E-state index in [-0.39, 0.29) is 17.6 Å². The summed E-state index contributed by atoms with van der Waals surface area (Å²) >= 11 is 0. The summed E-state index contributed by atoms with van der Waals surface area (Å²) in [6.45, 7) is 20.2. The molecule has 2 fully saturated rings. The number of rotatable bonds is 10. The fraction of sp³-hybridized carbons (Fsp3) is 0.290. The number of aliphatic carboxylic acids is 1. The lowest BCUT2D eigenvalue weighted by Crippen LogP contribution is -2.18. The van der Waals surface area contributed by atoms with Crippen molar-refractivity contribution in [1.29, 1.82) is 5.26 Å². The third-order valence-electron chi connectivity index (χ3n) is 5.26. The van der Waals surface area contributed by atoms with Crippen LogP contribution in [0.25, 0.3) is 0 Å². The number of carboxylic acids is 1. The minimum atomic E-state index is -0.981. The molecule has 2 unspecified atom stereocenters. The molecule has 0 aromatic heterocycles. The smallest absolute Gasteiger partial charge is 0.327 e. The van der Waals surface area contributed by atoms with Crippen molar-refractivity contribution in [2.24, 2.45) is 0 Å². The summed E-state index contributed by atoms with van der Waals surface area (Å²) in [5.41, 5.74) is 2.42. The van der Waals surface area contributed by atoms with Crippen molar-refractivity contribution in [1.82, 2.24) is 0 Å². The molecule has 38 heavy (non-hydrogen) atoms. The second kappa shape index (κ2) is 17.4. The van der Waals surface area contributed by atoms with Crippen molar-refractivity contribution in [3.05, 3.63) is 110 Å². The molecule has 0 aliphatic carbocycles. The number of allylic oxidation sites excluding steroid dienone is 3. The van der Waals surface area contributed by atoms with E-state index in [0.29, 0.717) is 13.2 Å². The molecule has 202 valence electrons. The topological polar surface area (TPSA) is 105 Å². The largest absolute Gasteiger partial charge is 0.491 e. The number of hydrogen-bond acceptors (Lipinski definition) is 6. The van der Waals surface area contributed by atoms with Gasteiger partial charge in [-0.05, 0) is 35.4 Å². The van der Waals surface area contributed by atoms with Gasteiger partial charge in [-0.2, -0.15) is 5.26 Å². The number of epoxide rings is 2. The maximum atomic E-state index is 9.25. The first-order valence-electron chi connectivity index (χ1n) is 12.0. The van der Waals surface area contributed by atoms with Crippen molar-refractivity contribution in [3.63, 3.8) is 0 Å². The first-order valence-corrected chi connectivity index (χ1v) is 12.0. The average molecular weight is 520 g/mol. The Morgan fingerprint density at radius 2 is 1.24 bits per heavy atom. The molecule has 1 N–H and O–H groups in total. The fourth-order valence-electron chi connectivity index (χ4n) is 2.81. The van der Waals surface area contributed by atoms with Crippen LogP contribution >= 0.6 is 0 Å². The van der Waals surface area contributed by atoms with E-state index in [2.05, 4.69) is 64.4 Å². The third-order valence-corrected chi connectivity index (χ3v) is 5.26. The Bertz CT molecular complexity index is 992. The van der Waals surface area contributed by atoms with E-state index in [9.17, 15) is 4.79 Å². The predicted molar refractivity (Wildman–Crippen MR) is 150 cm³/mol. The molecule has 2 aliphatic rings. The van der Waals surface area contributed by atoms with E-state index in [1.807, 2.05) is 24.3 Å². The van der Waals surface area contributed by atoms with Crippen LogP contribution < -0.4 is 9.47 Å². The van der Waals surface area contributed by atoms with E-state index in [4.69, 9.17) is 29.3 Å². The second-order valence-corrected chi connectivity index (χ2v) is 8.55. The van der Waals surface area contributed by atoms with Gasteiger partial charge in [0.25, 0.3) is 0 Å². The third kappa shape index (κ3) is 13.3. The van der Waals surface area contributed by atoms with Gasteiger partial charge in [0.05, 0.1) is 19.3 Å². The highest BCUT2D eigenvalue weighted by molar-refractivity contribution is 5.78. The van der Waals surface area contributed by atoms with Gasteiger partial charge in [0.15, 0.2) is 0 Å². The van der Waals surface area contributed by atoms with Crippen LogP contribution in [0.1, 0.15) is 25.0 Å². The van der Waals surface area contributed by atoms with Gasteiger partial charge in [-0.25, -0.2) is 4.79 Å². The van der Waals surface area contributed by atoms with E-state index in [0.717, 1.165) is 30.8 Å². The number of carbonyl (C=O) groups is 1. The Kier molecular flexibility index (Phi) is 14.6. The van der Waals surface area contributed by atoms with Gasteiger partial charge in [0, 0.05) is 17.6 Å². The SMILES string of the molecule is C=CC#N.C=CC(=O)O.C=CC=C.CC(C)(c1ccc(OCC2CO2)cc1)c1ccc(OCC2CO2)cc1. The van der Waals surface area contributed by atoms with Crippen molar-refractivity contribution < 1.29 is 28.8 Å². The molecule has 0 amide bonds. The summed E-state index contributed by atoms with van der Waals surface area (Å²) in [7, 11) is 0. The van der Waals surface area contributed by atoms with Gasteiger partial charge >= 0.3 is 5.97 Å². The summed E-state index contributed by atoms with van der Waals surface area (Å²) in [4.78, 5) is 9.25. The standard InChI is InChI=1S/C21H24O4.C4H6.C3H3N.C3H4O2/c1-21(2,15-3-7-17(8-4-15)22-11-19-13-24-19)16-5-9-18(10-6-16)23-12-20-14-25-20;1-3-4-2;1-2-3-4;1-2-3(4)5/h3-10,19-20H,11-14H2,1-2H3;3-4H,1-2H2;2H,1H2;2H,1H2,(H,4,5). The van der Waals surface area contributed by atoms with Crippen LogP contribution in [0.5, 0.6) is 11.5 Å². The maximum Gasteiger partial charge on any atom is 0.327 e. The normalized spacial score (nSPS) is 16.0. The Hall–Kier alpha value is -4.12. The lowest BCUT2D eigenvalue weighted by Gasteiger charge is -2.26. The summed E-state index contributed by atoms with van der Waals surface area (Å²) in [5, 5.41) is 15.1. The van der Waals surface area contributed by atoms with Crippen LogP contribution in [-0.2, 0) is 19.7 Å². The molecule has 0 bridgehead atoms. The van der Waals surface area contributed by atoms with Crippen LogP contribution in [-0.4, -0.2) is 49.7 Å². The zero-order valence-electron chi connectivity index (χ0n) is 22.2. The summed E-state index contributed by atoms with van der Waals surface area (Å²) in [6, 6.07) is 18.4. The van der Waals surface area contributed by atoms with Gasteiger partial charge in [0.2, 0.25) is 0 Å². The van der Waals surface area contributed by atoms with Crippen LogP contribution in [0.15, 0.2) is 99.2 Å². The molecule has 2 aromatic rings. The Labute approximate surface area is 225 Å². The molecule has 0 radical (unpaired) electrons. The maximum absolute atomic E-state index is 9.25. The van der Waals surface area contributed by atoms with Crippen LogP contribution in [0.2, 0.25) is 0 Å². The van der Waals surface area contributed by atoms with E-state index < -0.39 is 5.97 Å². The highest BCUT2D eigenvalue weighted by Crippen LogP contribution is 2.33. The lowest BCUT2D eigenvalue weighted by atomic mass is 9.78. The minimum Gasteiger partial charge on any atom is -0.491 e. The van der Waals surface area contributed by atoms with Gasteiger partial charge in [-0.1, -0.05) is 76.6 Å². The number of carboxylic acid groups (broad SMARTS) is 1. The van der Waals surface area contributed by atoms with Gasteiger partial charge in [-0.3, -0.25) is 0 Å². The van der Waals surface area contributed by atoms with E-state index in [1.165, 1.54) is 17.2 Å². The minimum absolute atomic E-state index is 0.0870. The Morgan fingerprint density at radius 1 is 0.921 bits per heavy atom. The Balaban J connectivity index is 0.000000466. The lowest BCUT2D eigenvalue weighted by molar-refractivity contribution is -0.131. The predicted octanol–water partition coefficient (Wildman–Crippen LogP) is 5.88. The summed E-state index contributed by atoms with van der Waals surface area (Å²) in [5.74, 6) is 0.798. The second-order valence-electron chi connectivity index (χ2n) is 8.55. The molecular formula is C31H37NO6. The molecule has 7 heteroatoms. The van der Waals surface area contributed by atoms with Gasteiger partial charge < -0.3 is 24.1 Å². The highest BCUT2D eigenvalue weighted by atomic mass is 16.6. The highest BCUT2D eigenvalue weighted by Gasteiger charge is 2.25. The molecule has 2 aromatic carbocycles. The first-order chi connectivity index (χ1) is 18.2. The molecule has 2 saturated heterocycles. The number of nitriles is 1. The van der Waals surface area contributed by atoms with E-state index >= 15 is 0 Å². The molecule has 7 nitrogen and oxygen atoms in total. The van der Waals surface area contributed by atoms with Gasteiger partial charge in [-0.15, -0.1) is 0 Å². The first kappa shape index (κ1) is 31.9. The zero-order valence-corrected chi connectivity index (χ0v) is 22.2. The molecule has 2 aliphatic heterocycles. The van der Waals surface area contributed by atoms with Gasteiger partial charge in [0.1, 0.15) is 36.9 Å². The zero-order chi connectivity index (χ0) is 28.4. The van der Waals surface area contributed by atoms with Crippen molar-refractivity contribution in [2.45, 2.75) is 31.5 Å². The molecule has 2 heterocycles. The van der Waals surface area contributed by atoms with E-state index in [1.54, 1.807) is 18.2 Å². The van der Waals surface area contributed by atoms with Crippen molar-refractivity contribution in [2.75, 3.05) is 26.4 Å². The van der Waals surface area contributed by atoms with Crippen molar-refractivity contribution in [3.8, 4) is 17.6 Å². The molecule has 2 atom stereocenters. The number of hydrogen-bond donors (Lipinski definition) is 1. The molecule has 0 spiro atoms. The average Bonchev–Trinajstić information content (AvgIpc) is 3.87. The van der Waals surface area contributed by atoms with Crippen molar-refractivity contribution >= 4 is 5.97 Å². The molecular weight excluding hydrogens is 482 g/mol.